The number of aromatic hydroxyl groups is 3. The summed E-state index contributed by atoms with van der Waals surface area (Å²) in [7, 11) is -32.3. The number of ether oxygens (including phenoxy) is 1. The number of rotatable bonds is 25. The summed E-state index contributed by atoms with van der Waals surface area (Å²) >= 11 is 0.576. The van der Waals surface area contributed by atoms with Gasteiger partial charge in [-0.3, -0.25) is 37.4 Å². The number of phenols is 3. The summed E-state index contributed by atoms with van der Waals surface area (Å²) in [6.45, 7) is 1.12. The van der Waals surface area contributed by atoms with E-state index in [9.17, 15) is 103 Å². The molecule has 0 aliphatic carbocycles. The lowest BCUT2D eigenvalue weighted by Crippen LogP contribution is -2.03. The molecule has 40 nitrogen and oxygen atoms in total. The van der Waals surface area contributed by atoms with Crippen LogP contribution < -0.4 is 10.5 Å². The molecule has 8 aromatic carbocycles. The minimum atomic E-state index is -5.74. The monoisotopic (exact) mass is 1460 g/mol. The van der Waals surface area contributed by atoms with Gasteiger partial charge in [-0.05, 0) is 85.0 Å². The quantitative estimate of drug-likeness (QED) is 0.00370. The molecule has 0 radical (unpaired) electrons. The van der Waals surface area contributed by atoms with Crippen molar-refractivity contribution in [2.45, 2.75) is 47.6 Å². The first-order chi connectivity index (χ1) is 43.7. The lowest BCUT2D eigenvalue weighted by Gasteiger charge is -2.15. The fraction of sp³-hybridized carbons (Fsp3) is 0.0870. The summed E-state index contributed by atoms with van der Waals surface area (Å²) in [6.07, 6.45) is 0.102. The highest BCUT2D eigenvalue weighted by Gasteiger charge is 2.31. The predicted octanol–water partition coefficient (Wildman–Crippen LogP) is 10.5. The van der Waals surface area contributed by atoms with Crippen LogP contribution in [-0.2, 0) is 79.5 Å². The molecule has 0 bridgehead atoms. The molecule has 0 amide bonds. The van der Waals surface area contributed by atoms with Gasteiger partial charge in [0.25, 0.3) is 66.4 Å². The maximum atomic E-state index is 13.3. The Morgan fingerprint density at radius 2 is 1.10 bits per heavy atom. The SMILES string of the molecule is Cc1cc(N=Nc2c(S(=O)(=O)O)cc3c(S(=O)(=O)O)c(N=Nc4cc(S(=O)(=O)O)c5cc(SOOO)c(N=Nc6ccc([N+](=O)[O-])cc6S(=O)(=O)O)c(O)c5c4N)ccc3c2O)c(OCCCSOOO)cc1N=Nc1cc(S(=O)(=O)O)cc2cc(S(=O)(=O)O)cc(O)c12. The number of anilines is 1. The number of hydrogen-bond acceptors (Lipinski definition) is 35. The second-order valence-electron chi connectivity index (χ2n) is 18.4. The van der Waals surface area contributed by atoms with E-state index in [2.05, 4.69) is 59.7 Å². The van der Waals surface area contributed by atoms with Crippen molar-refractivity contribution >= 4 is 174 Å². The van der Waals surface area contributed by atoms with Crippen molar-refractivity contribution in [2.75, 3.05) is 18.1 Å². The van der Waals surface area contributed by atoms with Crippen LogP contribution in [0.2, 0.25) is 0 Å². The molecule has 0 saturated heterocycles. The number of nitrogens with zero attached hydrogens (tertiary/aromatic N) is 9. The zero-order chi connectivity index (χ0) is 69.4. The molecule has 13 N–H and O–H groups in total. The third-order valence-corrected chi connectivity index (χ3v) is 18.9. The van der Waals surface area contributed by atoms with Gasteiger partial charge in [-0.1, -0.05) is 10.1 Å². The molecule has 0 spiro atoms. The van der Waals surface area contributed by atoms with Crippen LogP contribution in [0, 0.1) is 17.0 Å². The van der Waals surface area contributed by atoms with Gasteiger partial charge in [-0.2, -0.15) is 55.6 Å². The summed E-state index contributed by atoms with van der Waals surface area (Å²) in [6, 6.07) is 10.1. The summed E-state index contributed by atoms with van der Waals surface area (Å²) in [4.78, 5) is 2.79. The number of phenolic OH excluding ortho intramolecular Hbond substituents is 3. The van der Waals surface area contributed by atoms with Crippen LogP contribution in [0.15, 0.2) is 160 Å². The highest BCUT2D eigenvalue weighted by molar-refractivity contribution is 7.95. The predicted molar refractivity (Wildman–Crippen MR) is 319 cm³/mol. The Morgan fingerprint density at radius 1 is 0.521 bits per heavy atom. The van der Waals surface area contributed by atoms with E-state index in [0.29, 0.717) is 48.4 Å². The highest BCUT2D eigenvalue weighted by atomic mass is 32.2. The minimum absolute atomic E-state index is 0.0430. The number of non-ortho nitro benzene ring substituents is 1. The third kappa shape index (κ3) is 15.7. The molecule has 8 aromatic rings. The summed E-state index contributed by atoms with van der Waals surface area (Å²) in [5.74, 6) is -3.60. The number of nitro benzene ring substituents is 1. The Labute approximate surface area is 533 Å². The largest absolute Gasteiger partial charge is 0.507 e. The van der Waals surface area contributed by atoms with Crippen molar-refractivity contribution in [3.05, 3.63) is 101 Å². The molecule has 0 aliphatic rings. The number of fused-ring (bicyclic) bond motifs is 3. The number of nitro groups is 1. The first kappa shape index (κ1) is 71.1. The number of nitrogen functional groups attached to an aromatic ring is 1. The van der Waals surface area contributed by atoms with Gasteiger partial charge in [0, 0.05) is 58.2 Å². The molecule has 0 atom stereocenters. The van der Waals surface area contributed by atoms with Crippen molar-refractivity contribution in [3.8, 4) is 23.0 Å². The van der Waals surface area contributed by atoms with Gasteiger partial charge in [0.15, 0.2) is 11.5 Å². The summed E-state index contributed by atoms with van der Waals surface area (Å²) in [5.41, 5.74) is -0.937. The molecule has 0 heterocycles. The molecule has 94 heavy (non-hydrogen) atoms. The Kier molecular flexibility index (Phi) is 20.7. The lowest BCUT2D eigenvalue weighted by atomic mass is 10.0. The van der Waals surface area contributed by atoms with Gasteiger partial charge in [0.1, 0.15) is 65.2 Å². The number of azo groups is 4. The standard InChI is InChI=1S/C46H36N10O30S8/c1-19-9-30(34(82-7-2-8-87-85-83-62)17-29(19)50-52-31-13-22(89(64,65)66)10-20-11-23(90(67,68)69)14-33(57)39(20)31)51-55-43-38(93(76,77)78)16-25-24(44(43)58)4-6-28(46(25)94(79,80)81)49-53-32-18-36(91(70,71)72)26-15-35(88-86-84-63)42(45(59)40(26)41(32)47)54-48-27-5-3-21(56(60)61)12-37(27)92(73,74)75/h3-6,9-18,57-59,62-63H,2,7-8,47H2,1H3,(H,64,65,66)(H,67,68,69)(H,70,71,72)(H,73,74,75)(H,76,77,78)(H,79,80,81). The topological polar surface area (TPSA) is 642 Å². The first-order valence-electron chi connectivity index (χ1n) is 24.3. The van der Waals surface area contributed by atoms with Gasteiger partial charge in [0.05, 0.1) is 66.1 Å². The second kappa shape index (κ2) is 27.3. The molecule has 0 saturated carbocycles. The zero-order valence-electron chi connectivity index (χ0n) is 45.7. The van der Waals surface area contributed by atoms with Crippen LogP contribution in [-0.4, -0.2) is 121 Å². The van der Waals surface area contributed by atoms with Gasteiger partial charge in [-0.25, -0.2) is 10.5 Å². The van der Waals surface area contributed by atoms with Crippen molar-refractivity contribution in [1.29, 1.82) is 0 Å². The highest BCUT2D eigenvalue weighted by Crippen LogP contribution is 2.52. The maximum Gasteiger partial charge on any atom is 0.297 e. The van der Waals surface area contributed by atoms with Gasteiger partial charge < -0.3 is 25.8 Å². The molecule has 0 aliphatic heterocycles. The second-order valence-corrected chi connectivity index (χ2v) is 28.3. The van der Waals surface area contributed by atoms with E-state index in [0.717, 1.165) is 48.5 Å². The average molecular weight is 1470 g/mol. The molecular formula is C46H36N10O30S8. The van der Waals surface area contributed by atoms with Crippen molar-refractivity contribution < 1.29 is 132 Å². The first-order valence-corrected chi connectivity index (χ1v) is 34.6. The Bertz CT molecular complexity index is 5350. The van der Waals surface area contributed by atoms with Crippen LogP contribution in [0.5, 0.6) is 23.0 Å². The van der Waals surface area contributed by atoms with E-state index < -0.39 is 184 Å². The van der Waals surface area contributed by atoms with E-state index in [1.165, 1.54) is 6.92 Å². The molecular weight excluding hydrogens is 1430 g/mol. The molecule has 498 valence electrons. The van der Waals surface area contributed by atoms with Crippen LogP contribution in [0.25, 0.3) is 32.3 Å². The molecule has 8 rings (SSSR count). The lowest BCUT2D eigenvalue weighted by molar-refractivity contribution is -0.432. The number of nitrogens with two attached hydrogens (primary N) is 1. The van der Waals surface area contributed by atoms with Gasteiger partial charge in [-0.15, -0.1) is 44.5 Å². The number of aryl methyl sites for hydroxylation is 1. The Hall–Kier alpha value is -8.74. The van der Waals surface area contributed by atoms with E-state index in [1.54, 1.807) is 0 Å². The van der Waals surface area contributed by atoms with Crippen molar-refractivity contribution in [2.24, 2.45) is 40.9 Å². The Balaban J connectivity index is 1.26. The van der Waals surface area contributed by atoms with Crippen LogP contribution in [0.4, 0.5) is 56.9 Å². The number of benzene rings is 8. The molecule has 0 aromatic heterocycles. The Morgan fingerprint density at radius 3 is 1.70 bits per heavy atom. The van der Waals surface area contributed by atoms with Crippen LogP contribution >= 0.6 is 24.1 Å². The van der Waals surface area contributed by atoms with Crippen LogP contribution in [0.1, 0.15) is 12.0 Å². The average Bonchev–Trinajstić information content (AvgIpc) is 0.752. The fourth-order valence-electron chi connectivity index (χ4n) is 8.48. The summed E-state index contributed by atoms with van der Waals surface area (Å²) < 4.78 is 227. The van der Waals surface area contributed by atoms with E-state index >= 15 is 0 Å². The zero-order valence-corrected chi connectivity index (χ0v) is 52.3. The van der Waals surface area contributed by atoms with E-state index in [4.69, 9.17) is 21.0 Å². The van der Waals surface area contributed by atoms with E-state index in [-0.39, 0.29) is 64.3 Å². The normalized spacial score (nSPS) is 13.1. The third-order valence-electron chi connectivity index (χ3n) is 12.5. The summed E-state index contributed by atoms with van der Waals surface area (Å²) in [5, 5.41) is 96.9. The molecule has 0 unspecified atom stereocenters. The fourth-order valence-corrected chi connectivity index (χ4v) is 13.2. The van der Waals surface area contributed by atoms with E-state index in [1.807, 2.05) is 0 Å². The smallest absolute Gasteiger partial charge is 0.297 e. The van der Waals surface area contributed by atoms with Gasteiger partial charge >= 0.3 is 0 Å². The van der Waals surface area contributed by atoms with Crippen molar-refractivity contribution in [3.63, 3.8) is 0 Å². The molecule has 48 heteroatoms. The van der Waals surface area contributed by atoms with Gasteiger partial charge in [0.2, 0.25) is 0 Å². The minimum Gasteiger partial charge on any atom is -0.507 e. The molecule has 0 fully saturated rings. The van der Waals surface area contributed by atoms with Crippen molar-refractivity contribution in [1.82, 2.24) is 0 Å². The number of hydrogen-bond donors (Lipinski definition) is 12. The maximum absolute atomic E-state index is 13.3. The van der Waals surface area contributed by atoms with Crippen LogP contribution in [0.3, 0.4) is 0 Å².